The van der Waals surface area contributed by atoms with Crippen molar-refractivity contribution in [2.45, 2.75) is 18.9 Å². The molecule has 0 aliphatic heterocycles. The number of allylic oxidation sites excluding steroid dienone is 2. The van der Waals surface area contributed by atoms with Crippen LogP contribution in [0.5, 0.6) is 0 Å². The predicted molar refractivity (Wildman–Crippen MR) is 71.8 cm³/mol. The SMILES string of the molecule is CSC1=C(NC2CC2)C(=O)c2ccccc2C1=O. The number of fused-ring (bicyclic) bond motifs is 1. The number of Topliss-reactive ketones (excluding diaryl/α,β-unsaturated/α-hetero) is 2. The fraction of sp³-hybridized carbons (Fsp3) is 0.286. The molecule has 18 heavy (non-hydrogen) atoms. The molecular weight excluding hydrogens is 246 g/mol. The molecule has 4 heteroatoms. The van der Waals surface area contributed by atoms with E-state index in [-0.39, 0.29) is 11.6 Å². The molecule has 0 atom stereocenters. The molecule has 1 aromatic carbocycles. The van der Waals surface area contributed by atoms with E-state index in [0.717, 1.165) is 12.8 Å². The predicted octanol–water partition coefficient (Wildman–Crippen LogP) is 2.39. The van der Waals surface area contributed by atoms with Gasteiger partial charge in [0.2, 0.25) is 11.6 Å². The van der Waals surface area contributed by atoms with Crippen molar-refractivity contribution in [2.24, 2.45) is 0 Å². The van der Waals surface area contributed by atoms with Gasteiger partial charge in [-0.1, -0.05) is 24.3 Å². The molecule has 3 nitrogen and oxygen atoms in total. The van der Waals surface area contributed by atoms with Crippen LogP contribution in [0.1, 0.15) is 33.6 Å². The van der Waals surface area contributed by atoms with Crippen LogP contribution in [0.15, 0.2) is 34.9 Å². The molecule has 92 valence electrons. The van der Waals surface area contributed by atoms with Crippen LogP contribution in [-0.4, -0.2) is 23.9 Å². The number of nitrogens with one attached hydrogen (secondary N) is 1. The van der Waals surface area contributed by atoms with Gasteiger partial charge < -0.3 is 5.32 Å². The molecule has 0 spiro atoms. The van der Waals surface area contributed by atoms with Crippen LogP contribution in [-0.2, 0) is 0 Å². The summed E-state index contributed by atoms with van der Waals surface area (Å²) in [5.41, 5.74) is 1.53. The monoisotopic (exact) mass is 259 g/mol. The molecular formula is C14H13NO2S. The number of thioether (sulfide) groups is 1. The van der Waals surface area contributed by atoms with Crippen molar-refractivity contribution in [1.82, 2.24) is 5.32 Å². The molecule has 0 aromatic heterocycles. The van der Waals surface area contributed by atoms with Crippen LogP contribution in [0.4, 0.5) is 0 Å². The first-order valence-corrected chi connectivity index (χ1v) is 7.18. The number of hydrogen-bond acceptors (Lipinski definition) is 4. The molecule has 1 fully saturated rings. The average molecular weight is 259 g/mol. The number of benzene rings is 1. The van der Waals surface area contributed by atoms with Crippen LogP contribution in [0.2, 0.25) is 0 Å². The number of carbonyl (C=O) groups is 2. The van der Waals surface area contributed by atoms with Crippen LogP contribution in [0.25, 0.3) is 0 Å². The largest absolute Gasteiger partial charge is 0.378 e. The van der Waals surface area contributed by atoms with Crippen LogP contribution in [0.3, 0.4) is 0 Å². The number of ketones is 2. The van der Waals surface area contributed by atoms with E-state index in [2.05, 4.69) is 5.32 Å². The van der Waals surface area contributed by atoms with Gasteiger partial charge in [-0.2, -0.15) is 0 Å². The van der Waals surface area contributed by atoms with E-state index in [4.69, 9.17) is 0 Å². The van der Waals surface area contributed by atoms with Gasteiger partial charge in [0, 0.05) is 17.2 Å². The van der Waals surface area contributed by atoms with E-state index in [0.29, 0.717) is 27.8 Å². The van der Waals surface area contributed by atoms with Gasteiger partial charge in [0.1, 0.15) is 5.70 Å². The second-order valence-electron chi connectivity index (χ2n) is 4.53. The molecule has 2 aliphatic carbocycles. The lowest BCUT2D eigenvalue weighted by Gasteiger charge is -2.20. The van der Waals surface area contributed by atoms with Crippen molar-refractivity contribution in [3.63, 3.8) is 0 Å². The Morgan fingerprint density at radius 2 is 1.72 bits per heavy atom. The Balaban J connectivity index is 2.10. The maximum Gasteiger partial charge on any atom is 0.210 e. The minimum Gasteiger partial charge on any atom is -0.378 e. The fourth-order valence-corrected chi connectivity index (χ4v) is 2.76. The van der Waals surface area contributed by atoms with Crippen LogP contribution < -0.4 is 5.32 Å². The average Bonchev–Trinajstić information content (AvgIpc) is 3.20. The summed E-state index contributed by atoms with van der Waals surface area (Å²) in [5.74, 6) is -0.0951. The highest BCUT2D eigenvalue weighted by Crippen LogP contribution is 2.32. The highest BCUT2D eigenvalue weighted by atomic mass is 32.2. The molecule has 1 N–H and O–H groups in total. The molecule has 1 saturated carbocycles. The molecule has 1 aromatic rings. The summed E-state index contributed by atoms with van der Waals surface area (Å²) < 4.78 is 0. The molecule has 0 saturated heterocycles. The van der Waals surface area contributed by atoms with Gasteiger partial charge in [-0.05, 0) is 19.1 Å². The van der Waals surface area contributed by atoms with Crippen molar-refractivity contribution in [2.75, 3.05) is 6.26 Å². The van der Waals surface area contributed by atoms with Crippen molar-refractivity contribution in [3.05, 3.63) is 46.0 Å². The summed E-state index contributed by atoms with van der Waals surface area (Å²) >= 11 is 1.35. The van der Waals surface area contributed by atoms with E-state index in [1.165, 1.54) is 11.8 Å². The van der Waals surface area contributed by atoms with Crippen molar-refractivity contribution in [1.29, 1.82) is 0 Å². The second kappa shape index (κ2) is 4.28. The van der Waals surface area contributed by atoms with Crippen molar-refractivity contribution >= 4 is 23.3 Å². The number of rotatable bonds is 3. The Bertz CT molecular complexity index is 573. The summed E-state index contributed by atoms with van der Waals surface area (Å²) in [6.45, 7) is 0. The molecule has 2 aliphatic rings. The Kier molecular flexibility index (Phi) is 2.74. The first-order chi connectivity index (χ1) is 8.72. The van der Waals surface area contributed by atoms with E-state index < -0.39 is 0 Å². The molecule has 0 bridgehead atoms. The quantitative estimate of drug-likeness (QED) is 0.905. The first-order valence-electron chi connectivity index (χ1n) is 5.95. The topological polar surface area (TPSA) is 46.2 Å². The third-order valence-corrected chi connectivity index (χ3v) is 4.00. The van der Waals surface area contributed by atoms with Gasteiger partial charge in [-0.3, -0.25) is 9.59 Å². The van der Waals surface area contributed by atoms with Gasteiger partial charge in [0.25, 0.3) is 0 Å². The Morgan fingerprint density at radius 3 is 2.28 bits per heavy atom. The highest BCUT2D eigenvalue weighted by Gasteiger charge is 2.34. The fourth-order valence-electron chi connectivity index (χ4n) is 2.11. The summed E-state index contributed by atoms with van der Waals surface area (Å²) in [6.07, 6.45) is 3.99. The summed E-state index contributed by atoms with van der Waals surface area (Å²) in [4.78, 5) is 25.3. The van der Waals surface area contributed by atoms with Gasteiger partial charge in [0.15, 0.2) is 0 Å². The zero-order valence-electron chi connectivity index (χ0n) is 10.0. The minimum atomic E-state index is -0.0542. The first kappa shape index (κ1) is 11.5. The third kappa shape index (κ3) is 1.77. The zero-order chi connectivity index (χ0) is 12.7. The normalized spacial score (nSPS) is 18.9. The highest BCUT2D eigenvalue weighted by molar-refractivity contribution is 8.03. The lowest BCUT2D eigenvalue weighted by molar-refractivity contribution is 0.0975. The molecule has 0 amide bonds. The molecule has 3 rings (SSSR count). The van der Waals surface area contributed by atoms with Gasteiger partial charge in [-0.15, -0.1) is 11.8 Å². The summed E-state index contributed by atoms with van der Waals surface area (Å²) in [5, 5.41) is 3.20. The van der Waals surface area contributed by atoms with E-state index in [1.54, 1.807) is 24.3 Å². The standard InChI is InChI=1S/C14H13NO2S/c1-18-14-11(15-8-6-7-8)12(16)9-4-2-3-5-10(9)13(14)17/h2-5,8,15H,6-7H2,1H3. The zero-order valence-corrected chi connectivity index (χ0v) is 10.8. The van der Waals surface area contributed by atoms with E-state index in [1.807, 2.05) is 6.26 Å². The second-order valence-corrected chi connectivity index (χ2v) is 5.35. The number of hydrogen-bond donors (Lipinski definition) is 1. The Hall–Kier alpha value is -1.55. The van der Waals surface area contributed by atoms with Crippen molar-refractivity contribution in [3.8, 4) is 0 Å². The summed E-state index contributed by atoms with van der Waals surface area (Å²) in [6, 6.07) is 7.40. The van der Waals surface area contributed by atoms with Crippen LogP contribution in [0, 0.1) is 0 Å². The lowest BCUT2D eigenvalue weighted by Crippen LogP contribution is -2.30. The van der Waals surface area contributed by atoms with Crippen LogP contribution >= 0.6 is 11.8 Å². The Morgan fingerprint density at radius 1 is 1.11 bits per heavy atom. The van der Waals surface area contributed by atoms with Crippen molar-refractivity contribution < 1.29 is 9.59 Å². The minimum absolute atomic E-state index is 0.0409. The molecule has 0 unspecified atom stereocenters. The summed E-state index contributed by atoms with van der Waals surface area (Å²) in [7, 11) is 0. The lowest BCUT2D eigenvalue weighted by atomic mass is 9.92. The third-order valence-electron chi connectivity index (χ3n) is 3.21. The Labute approximate surface area is 110 Å². The molecule has 0 radical (unpaired) electrons. The van der Waals surface area contributed by atoms with Gasteiger partial charge >= 0.3 is 0 Å². The molecule has 0 heterocycles. The van der Waals surface area contributed by atoms with E-state index >= 15 is 0 Å². The number of carbonyl (C=O) groups excluding carboxylic acids is 2. The maximum absolute atomic E-state index is 12.4. The smallest absolute Gasteiger partial charge is 0.210 e. The van der Waals surface area contributed by atoms with Gasteiger partial charge in [-0.25, -0.2) is 0 Å². The van der Waals surface area contributed by atoms with E-state index in [9.17, 15) is 9.59 Å². The van der Waals surface area contributed by atoms with Gasteiger partial charge in [0.05, 0.1) is 4.91 Å². The maximum atomic E-state index is 12.4.